The van der Waals surface area contributed by atoms with E-state index in [1.807, 2.05) is 0 Å². The third kappa shape index (κ3) is 2.76. The highest BCUT2D eigenvalue weighted by molar-refractivity contribution is 6.42. The van der Waals surface area contributed by atoms with Gasteiger partial charge in [-0.1, -0.05) is 36.2 Å². The molecule has 13 heavy (non-hydrogen) atoms. The molecule has 0 aliphatic rings. The van der Waals surface area contributed by atoms with Gasteiger partial charge < -0.3 is 9.84 Å². The lowest BCUT2D eigenvalue weighted by Crippen LogP contribution is -2.03. The van der Waals surface area contributed by atoms with Crippen molar-refractivity contribution in [2.24, 2.45) is 0 Å². The normalized spacial score (nSPS) is 10.5. The first kappa shape index (κ1) is 10.6. The van der Waals surface area contributed by atoms with Gasteiger partial charge in [-0.05, 0) is 12.1 Å². The predicted molar refractivity (Wildman–Crippen MR) is 52.6 cm³/mol. The van der Waals surface area contributed by atoms with Gasteiger partial charge >= 0.3 is 0 Å². The van der Waals surface area contributed by atoms with Crippen LogP contribution in [0.4, 0.5) is 0 Å². The zero-order valence-corrected chi connectivity index (χ0v) is 8.56. The van der Waals surface area contributed by atoms with Crippen LogP contribution in [-0.2, 0) is 0 Å². The van der Waals surface area contributed by atoms with E-state index in [1.165, 1.54) is 0 Å². The second-order valence-corrected chi connectivity index (χ2v) is 3.19. The van der Waals surface area contributed by atoms with Crippen LogP contribution in [0.1, 0.15) is 13.3 Å². The van der Waals surface area contributed by atoms with Crippen LogP contribution in [0.2, 0.25) is 10.0 Å². The largest absolute Gasteiger partial charge is 0.454 e. The molecule has 0 amide bonds. The lowest BCUT2D eigenvalue weighted by molar-refractivity contribution is 0.0964. The van der Waals surface area contributed by atoms with Crippen molar-refractivity contribution in [2.75, 3.05) is 0 Å². The maximum atomic E-state index is 9.12. The second-order valence-electron chi connectivity index (χ2n) is 2.40. The Labute approximate surface area is 87.0 Å². The first-order valence-electron chi connectivity index (χ1n) is 3.81. The fourth-order valence-corrected chi connectivity index (χ4v) is 1.09. The molecule has 0 heterocycles. The summed E-state index contributed by atoms with van der Waals surface area (Å²) in [6.45, 7) is 1.77. The fourth-order valence-electron chi connectivity index (χ4n) is 0.762. The Kier molecular flexibility index (Phi) is 3.85. The van der Waals surface area contributed by atoms with E-state index in [1.54, 1.807) is 25.1 Å². The van der Waals surface area contributed by atoms with Crippen LogP contribution in [0.15, 0.2) is 18.2 Å². The summed E-state index contributed by atoms with van der Waals surface area (Å²) in [5.41, 5.74) is 0. The molecular weight excluding hydrogens is 211 g/mol. The van der Waals surface area contributed by atoms with Crippen molar-refractivity contribution in [1.29, 1.82) is 0 Å². The maximum Gasteiger partial charge on any atom is 0.273 e. The zero-order chi connectivity index (χ0) is 9.84. The summed E-state index contributed by atoms with van der Waals surface area (Å²) < 4.78 is 5.03. The van der Waals surface area contributed by atoms with Gasteiger partial charge in [-0.25, -0.2) is 0 Å². The molecule has 1 aromatic carbocycles. The smallest absolute Gasteiger partial charge is 0.273 e. The fraction of sp³-hybridized carbons (Fsp3) is 0.222. The van der Waals surface area contributed by atoms with Gasteiger partial charge in [-0.3, -0.25) is 0 Å². The van der Waals surface area contributed by atoms with E-state index >= 15 is 0 Å². The van der Waals surface area contributed by atoms with Gasteiger partial charge in [0.15, 0.2) is 0 Å². The molecule has 1 radical (unpaired) electrons. The summed E-state index contributed by atoms with van der Waals surface area (Å²) in [6.07, 6.45) is 0.340. The molecule has 0 aliphatic carbocycles. The standard InChI is InChI=1S/C9H9Cl2O2/c1-2-8(12)13-7-5-3-4-6(10)9(7)11/h3-5,12H,2H2,1H3. The quantitative estimate of drug-likeness (QED) is 0.842. The molecule has 0 spiro atoms. The summed E-state index contributed by atoms with van der Waals surface area (Å²) in [5, 5.41) is 9.83. The van der Waals surface area contributed by atoms with E-state index in [9.17, 15) is 0 Å². The molecule has 0 aromatic heterocycles. The number of aliphatic hydroxyl groups excluding tert-OH is 1. The average molecular weight is 220 g/mol. The summed E-state index contributed by atoms with van der Waals surface area (Å²) >= 11 is 11.6. The van der Waals surface area contributed by atoms with E-state index in [0.717, 1.165) is 0 Å². The van der Waals surface area contributed by atoms with Crippen molar-refractivity contribution in [3.63, 3.8) is 0 Å². The van der Waals surface area contributed by atoms with E-state index in [2.05, 4.69) is 0 Å². The number of rotatable bonds is 3. The SMILES string of the molecule is CC[C](O)Oc1cccc(Cl)c1Cl. The molecule has 0 bridgehead atoms. The first-order valence-corrected chi connectivity index (χ1v) is 4.57. The van der Waals surface area contributed by atoms with E-state index in [-0.39, 0.29) is 6.29 Å². The number of aliphatic hydroxyl groups is 1. The average Bonchev–Trinajstić information content (AvgIpc) is 2.13. The van der Waals surface area contributed by atoms with Gasteiger partial charge in [0.25, 0.3) is 6.29 Å². The third-order valence-corrected chi connectivity index (χ3v) is 2.25. The highest BCUT2D eigenvalue weighted by Gasteiger charge is 2.10. The number of hydrogen-bond acceptors (Lipinski definition) is 2. The van der Waals surface area contributed by atoms with Crippen molar-refractivity contribution < 1.29 is 9.84 Å². The molecule has 0 atom stereocenters. The van der Waals surface area contributed by atoms with Crippen LogP contribution in [-0.4, -0.2) is 5.11 Å². The van der Waals surface area contributed by atoms with Crippen LogP contribution in [0.25, 0.3) is 0 Å². The van der Waals surface area contributed by atoms with Crippen LogP contribution < -0.4 is 4.74 Å². The van der Waals surface area contributed by atoms with Gasteiger partial charge in [0, 0.05) is 6.42 Å². The van der Waals surface area contributed by atoms with E-state index < -0.39 is 0 Å². The lowest BCUT2D eigenvalue weighted by Gasteiger charge is -2.10. The summed E-state index contributed by atoms with van der Waals surface area (Å²) in [7, 11) is 0. The Bertz CT molecular complexity index is 289. The minimum atomic E-state index is -0.0795. The van der Waals surface area contributed by atoms with Crippen molar-refractivity contribution in [1.82, 2.24) is 0 Å². The number of ether oxygens (including phenoxy) is 1. The second kappa shape index (κ2) is 4.70. The Morgan fingerprint density at radius 1 is 1.46 bits per heavy atom. The molecule has 1 N–H and O–H groups in total. The molecular formula is C9H9Cl2O2. The van der Waals surface area contributed by atoms with Gasteiger partial charge in [-0.15, -0.1) is 0 Å². The monoisotopic (exact) mass is 219 g/mol. The first-order chi connectivity index (χ1) is 6.15. The van der Waals surface area contributed by atoms with E-state index in [0.29, 0.717) is 22.2 Å². The van der Waals surface area contributed by atoms with Crippen molar-refractivity contribution in [3.05, 3.63) is 34.5 Å². The Morgan fingerprint density at radius 3 is 2.77 bits per heavy atom. The van der Waals surface area contributed by atoms with Gasteiger partial charge in [0.1, 0.15) is 10.8 Å². The van der Waals surface area contributed by atoms with Crippen LogP contribution in [0.3, 0.4) is 0 Å². The molecule has 2 nitrogen and oxygen atoms in total. The Morgan fingerprint density at radius 2 is 2.15 bits per heavy atom. The van der Waals surface area contributed by atoms with Crippen molar-refractivity contribution >= 4 is 23.2 Å². The summed E-state index contributed by atoms with van der Waals surface area (Å²) in [5.74, 6) is 0.369. The van der Waals surface area contributed by atoms with Crippen LogP contribution in [0, 0.1) is 6.29 Å². The number of benzene rings is 1. The predicted octanol–water partition coefficient (Wildman–Crippen LogP) is 3.64. The molecule has 0 saturated heterocycles. The van der Waals surface area contributed by atoms with Gasteiger partial charge in [0.05, 0.1) is 5.02 Å². The highest BCUT2D eigenvalue weighted by Crippen LogP contribution is 2.32. The molecule has 4 heteroatoms. The summed E-state index contributed by atoms with van der Waals surface area (Å²) in [6, 6.07) is 4.99. The minimum Gasteiger partial charge on any atom is -0.454 e. The number of halogens is 2. The molecule has 1 aromatic rings. The van der Waals surface area contributed by atoms with Crippen LogP contribution >= 0.6 is 23.2 Å². The van der Waals surface area contributed by atoms with E-state index in [4.69, 9.17) is 33.0 Å². The lowest BCUT2D eigenvalue weighted by atomic mass is 10.3. The number of hydrogen-bond donors (Lipinski definition) is 1. The molecule has 0 unspecified atom stereocenters. The zero-order valence-electron chi connectivity index (χ0n) is 7.05. The van der Waals surface area contributed by atoms with Crippen molar-refractivity contribution in [2.45, 2.75) is 13.3 Å². The van der Waals surface area contributed by atoms with Crippen molar-refractivity contribution in [3.8, 4) is 5.75 Å². The molecule has 1 rings (SSSR count). The Balaban J connectivity index is 2.83. The molecule has 0 saturated carbocycles. The van der Waals surface area contributed by atoms with Gasteiger partial charge in [-0.2, -0.15) is 0 Å². The molecule has 0 fully saturated rings. The topological polar surface area (TPSA) is 29.5 Å². The molecule has 0 aliphatic heterocycles. The maximum absolute atomic E-state index is 9.12. The highest BCUT2D eigenvalue weighted by atomic mass is 35.5. The molecule has 71 valence electrons. The Hall–Kier alpha value is -0.440. The van der Waals surface area contributed by atoms with Gasteiger partial charge in [0.2, 0.25) is 0 Å². The summed E-state index contributed by atoms with van der Waals surface area (Å²) in [4.78, 5) is 0. The van der Waals surface area contributed by atoms with Crippen LogP contribution in [0.5, 0.6) is 5.75 Å². The third-order valence-electron chi connectivity index (χ3n) is 1.45. The minimum absolute atomic E-state index is 0.0795.